The SMILES string of the molecule is CC(C)(C)C(=O)C=C(O)C(C)(C)C.CC(C)(C)C(=O)C=C(O)C(C)(C)C.Cc1[c-]c(-c2cc(CC(C)C)c3cc(-c4ccc(C)cc4)ccc3n2)cc(C)c1.Cc1[c-]c(-c2cc(CC(C)C)c3cc(-c4ccccc4)ccc3n2)cc(C)c1.Cc1ccc(-c2[c-]cccc2)nc1.[2H]C([2H])([2H])c1ccc(-c2[c-]ccc(-c3ccccc3)c2)nc1.[2H]C([2H])([2H])c1ccc(-c2[c-]cccc2)nc1.[Ir].[Ir].[Ir].[Ir].[c-]1ccccc1-c1ccc(-c2ccccc2)cn1. The first-order chi connectivity index (χ1) is 71.9. The van der Waals surface area contributed by atoms with Crippen molar-refractivity contribution in [3.8, 4) is 112 Å². The Morgan fingerprint density at radius 2 is 0.607 bits per heavy atom. The minimum Gasteiger partial charge on any atom is -0.512 e. The van der Waals surface area contributed by atoms with Crippen LogP contribution in [0.1, 0.15) is 175 Å². The van der Waals surface area contributed by atoms with Gasteiger partial charge in [0.2, 0.25) is 0 Å². The van der Waals surface area contributed by atoms with E-state index in [-0.39, 0.29) is 125 Å². The number of nitrogens with zero attached hydrogens (tertiary/aromatic N) is 6. The van der Waals surface area contributed by atoms with Crippen LogP contribution in [-0.4, -0.2) is 51.7 Å². The molecule has 4 radical (unpaired) electrons. The van der Waals surface area contributed by atoms with Gasteiger partial charge in [-0.2, -0.15) is 0 Å². The number of carbonyl (C=O) groups is 2. The number of carbonyl (C=O) groups excluding carboxylic acids is 2. The molecule has 0 amide bonds. The molecule has 0 unspecified atom stereocenters. The fraction of sp³-hybridized carbons (Fsp3) is 0.235. The van der Waals surface area contributed by atoms with Gasteiger partial charge >= 0.3 is 0 Å². The maximum Gasteiger partial charge on any atom is 0.164 e. The maximum absolute atomic E-state index is 11.5. The van der Waals surface area contributed by atoms with Crippen LogP contribution in [0, 0.1) is 125 Å². The molecular weight excluding hydrogens is 2550 g/mol. The van der Waals surface area contributed by atoms with Crippen LogP contribution in [0.4, 0.5) is 0 Å². The number of allylic oxidation sites excluding steroid dienone is 4. The summed E-state index contributed by atoms with van der Waals surface area (Å²) in [5.41, 5.74) is 31.9. The molecule has 0 saturated carbocycles. The molecule has 0 atom stereocenters. The molecule has 0 fully saturated rings. The molecule has 0 aliphatic heterocycles. The number of aliphatic hydroxyl groups is 2. The third-order valence-electron chi connectivity index (χ3n) is 23.4. The summed E-state index contributed by atoms with van der Waals surface area (Å²) in [5.74, 6) is 1.38. The van der Waals surface area contributed by atoms with E-state index in [1.54, 1.807) is 30.3 Å². The van der Waals surface area contributed by atoms with Crippen LogP contribution in [0.25, 0.3) is 134 Å². The zero-order valence-electron chi connectivity index (χ0n) is 95.9. The fourth-order valence-electron chi connectivity index (χ4n) is 15.2. The molecule has 780 valence electrons. The predicted molar refractivity (Wildman–Crippen MR) is 612 cm³/mol. The number of pyridine rings is 6. The number of fused-ring (bicyclic) bond motifs is 2. The van der Waals surface area contributed by atoms with Gasteiger partial charge in [0.25, 0.3) is 0 Å². The van der Waals surface area contributed by atoms with Crippen molar-refractivity contribution < 1.29 is 108 Å². The Labute approximate surface area is 956 Å². The Bertz CT molecular complexity index is 7440. The van der Waals surface area contributed by atoms with Gasteiger partial charge in [0, 0.05) is 158 Å². The fourth-order valence-corrected chi connectivity index (χ4v) is 15.2. The van der Waals surface area contributed by atoms with Crippen LogP contribution < -0.4 is 0 Å². The number of hydrogen-bond donors (Lipinski definition) is 2. The molecule has 18 aromatic rings. The molecule has 6 heterocycles. The van der Waals surface area contributed by atoms with E-state index in [1.165, 1.54) is 96.5 Å². The van der Waals surface area contributed by atoms with Gasteiger partial charge in [0.15, 0.2) is 11.6 Å². The van der Waals surface area contributed by atoms with Crippen molar-refractivity contribution in [2.45, 2.75) is 179 Å². The molecule has 0 saturated heterocycles. The number of aliphatic hydroxyl groups excluding tert-OH is 2. The molecule has 6 aromatic heterocycles. The summed E-state index contributed by atoms with van der Waals surface area (Å²) in [7, 11) is 0. The van der Waals surface area contributed by atoms with Gasteiger partial charge in [-0.15, -0.1) is 213 Å². The molecule has 14 heteroatoms. The van der Waals surface area contributed by atoms with E-state index in [1.807, 2.05) is 248 Å². The number of rotatable bonds is 16. The van der Waals surface area contributed by atoms with Gasteiger partial charge in [-0.25, -0.2) is 0 Å². The van der Waals surface area contributed by atoms with E-state index in [9.17, 15) is 19.8 Å². The van der Waals surface area contributed by atoms with Gasteiger partial charge in [-0.05, 0) is 177 Å². The third-order valence-corrected chi connectivity index (χ3v) is 23.4. The zero-order chi connectivity index (χ0) is 110. The van der Waals surface area contributed by atoms with Crippen LogP contribution in [0.3, 0.4) is 0 Å². The van der Waals surface area contributed by atoms with Crippen LogP contribution in [0.2, 0.25) is 0 Å². The molecule has 2 N–H and O–H groups in total. The number of ketones is 2. The number of benzene rings is 12. The first-order valence-corrected chi connectivity index (χ1v) is 49.7. The Morgan fingerprint density at radius 1 is 0.293 bits per heavy atom. The standard InChI is InChI=1S/C28H28N.C27H26N.C18H14N.C17H12N.2C12H10N.2C11H20O2.4Ir/c1-18(2)12-24-17-28(25-14-20(4)13-21(5)15-25)29-27-11-10-23(16-26(24)27)22-8-6-19(3)7-9-22;1-18(2)12-23-17-27(24-14-19(3)13-20(4)15-24)28-26-11-10-22(16-25(23)26)21-8-6-5-7-9-21;1-14-10-11-18(19-13-14)17-9-5-8-16(12-17)15-6-3-2-4-7-15;1-3-7-14(8-4-1)16-11-12-17(18-13-16)15-9-5-2-6-10-15;2*1-10-7-8-12(13-9-10)11-5-3-2-4-6-11;2*1-10(2,3)8(12)7-9(13)11(4,5)6;;;;/h6-11,13-14,16-18H,12H2,1-5H3;5-11,13-14,16-18H,12H2,1-4H3;2-8,10-13H,1H3;1-9,11-13H;2*2-5,7-9H,1H3;2*7,12H,1-6H3;;;;/q6*-1;;;;;;/i;;1D3;;1D3;;;;;;;. The monoisotopic (exact) mass is 2700 g/mol. The zero-order valence-corrected chi connectivity index (χ0v) is 99.5. The van der Waals surface area contributed by atoms with Crippen molar-refractivity contribution in [3.63, 3.8) is 0 Å². The van der Waals surface area contributed by atoms with Crippen LogP contribution in [0.15, 0.2) is 376 Å². The van der Waals surface area contributed by atoms with Crippen molar-refractivity contribution >= 4 is 33.4 Å². The van der Waals surface area contributed by atoms with Gasteiger partial charge in [-0.1, -0.05) is 332 Å². The Balaban J connectivity index is 0.000000244. The first-order valence-electron chi connectivity index (χ1n) is 52.7. The minimum atomic E-state index is -2.12. The molecule has 0 aliphatic rings. The Hall–Kier alpha value is -12.9. The predicted octanol–water partition coefficient (Wildman–Crippen LogP) is 35.3. The molecule has 150 heavy (non-hydrogen) atoms. The van der Waals surface area contributed by atoms with Gasteiger partial charge in [0.05, 0.1) is 11.0 Å². The Morgan fingerprint density at radius 3 is 0.927 bits per heavy atom. The molecule has 0 bridgehead atoms. The Kier molecular flexibility index (Phi) is 45.0. The van der Waals surface area contributed by atoms with Crippen LogP contribution >= 0.6 is 0 Å². The van der Waals surface area contributed by atoms with Gasteiger partial charge < -0.3 is 30.1 Å². The number of hydrogen-bond acceptors (Lipinski definition) is 10. The first kappa shape index (κ1) is 114. The summed E-state index contributed by atoms with van der Waals surface area (Å²) in [6, 6.07) is 129. The second-order valence-corrected chi connectivity index (χ2v) is 41.6. The number of aryl methyl sites for hydroxylation is 8. The van der Waals surface area contributed by atoms with Crippen molar-refractivity contribution in [3.05, 3.63) is 468 Å². The van der Waals surface area contributed by atoms with E-state index in [0.717, 1.165) is 114 Å². The average molecular weight is 2700 g/mol. The molecule has 12 aromatic carbocycles. The molecular formula is C136H140Ir4N6O4-6. The van der Waals surface area contributed by atoms with E-state index in [2.05, 4.69) is 270 Å². The van der Waals surface area contributed by atoms with Crippen molar-refractivity contribution in [2.24, 2.45) is 33.5 Å². The molecule has 10 nitrogen and oxygen atoms in total. The van der Waals surface area contributed by atoms with Crippen LogP contribution in [0.5, 0.6) is 0 Å². The topological polar surface area (TPSA) is 152 Å². The second kappa shape index (κ2) is 59.0. The smallest absolute Gasteiger partial charge is 0.164 e. The van der Waals surface area contributed by atoms with Gasteiger partial charge in [-0.3, -0.25) is 19.6 Å². The normalized spacial score (nSPS) is 11.8. The molecule has 18 rings (SSSR count). The minimum absolute atomic E-state index is 0. The summed E-state index contributed by atoms with van der Waals surface area (Å²) in [6.45, 7) is 39.7. The van der Waals surface area contributed by atoms with Crippen molar-refractivity contribution in [1.82, 2.24) is 29.9 Å². The molecule has 0 aliphatic carbocycles. The average Bonchev–Trinajstić information content (AvgIpc) is 0.778. The summed E-state index contributed by atoms with van der Waals surface area (Å²) in [4.78, 5) is 50.2. The summed E-state index contributed by atoms with van der Waals surface area (Å²) in [5, 5.41) is 21.6. The number of aromatic nitrogens is 6. The quantitative estimate of drug-likeness (QED) is 0.0543. The third kappa shape index (κ3) is 39.1. The van der Waals surface area contributed by atoms with E-state index in [4.69, 9.17) is 18.2 Å². The summed E-state index contributed by atoms with van der Waals surface area (Å²) >= 11 is 0. The second-order valence-electron chi connectivity index (χ2n) is 41.6. The van der Waals surface area contributed by atoms with E-state index in [0.29, 0.717) is 17.5 Å². The summed E-state index contributed by atoms with van der Waals surface area (Å²) < 4.78 is 43.8. The van der Waals surface area contributed by atoms with Crippen molar-refractivity contribution in [2.75, 3.05) is 0 Å². The van der Waals surface area contributed by atoms with E-state index >= 15 is 0 Å². The molecule has 0 spiro atoms. The van der Waals surface area contributed by atoms with E-state index < -0.39 is 24.5 Å². The summed E-state index contributed by atoms with van der Waals surface area (Å²) in [6.07, 6.45) is 11.3. The van der Waals surface area contributed by atoms with Crippen molar-refractivity contribution in [1.29, 1.82) is 0 Å². The maximum atomic E-state index is 11.5. The largest absolute Gasteiger partial charge is 0.512 e. The van der Waals surface area contributed by atoms with Gasteiger partial charge in [0.1, 0.15) is 11.5 Å². The van der Waals surface area contributed by atoms with Crippen LogP contribution in [-0.2, 0) is 103 Å².